The van der Waals surface area contributed by atoms with Gasteiger partial charge < -0.3 is 0 Å². The fourth-order valence-corrected chi connectivity index (χ4v) is 0.403. The Bertz CT molecular complexity index is 407. The van der Waals surface area contributed by atoms with Crippen molar-refractivity contribution in [2.45, 2.75) is 0 Å². The molecule has 1 heterocycles. The number of rotatable bonds is 0. The molecule has 7 heteroatoms. The molecule has 0 spiro atoms. The van der Waals surface area contributed by atoms with Crippen LogP contribution in [0, 0.1) is 0 Å². The minimum Gasteiger partial charge on any atom is -0.259 e. The van der Waals surface area contributed by atoms with Crippen molar-refractivity contribution in [2.75, 3.05) is 0 Å². The van der Waals surface area contributed by atoms with E-state index in [0.29, 0.717) is 0 Å². The van der Waals surface area contributed by atoms with Crippen molar-refractivity contribution >= 4 is 5.94 Å². The molecule has 0 unspecified atom stereocenters. The third kappa shape index (κ3) is 4.97. The van der Waals surface area contributed by atoms with Crippen LogP contribution >= 0.6 is 0 Å². The maximum Gasteiger partial charge on any atom is 0.330 e. The predicted octanol–water partition coefficient (Wildman–Crippen LogP) is -2.09. The summed E-state index contributed by atoms with van der Waals surface area (Å²) in [5.41, 5.74) is -0.531. The molecule has 68 valence electrons. The normalized spacial score (nSPS) is 7.38. The van der Waals surface area contributed by atoms with E-state index in [2.05, 4.69) is 6.58 Å². The second-order valence-corrected chi connectivity index (χ2v) is 1.64. The van der Waals surface area contributed by atoms with Crippen molar-refractivity contribution in [2.24, 2.45) is 0 Å². The molecule has 0 bridgehead atoms. The van der Waals surface area contributed by atoms with E-state index in [-0.39, 0.29) is 0 Å². The third-order valence-corrected chi connectivity index (χ3v) is 0.753. The molecule has 0 aliphatic heterocycles. The van der Waals surface area contributed by atoms with Crippen molar-refractivity contribution in [3.8, 4) is 0 Å². The molecule has 0 aromatic carbocycles. The van der Waals surface area contributed by atoms with Gasteiger partial charge in [0.1, 0.15) is 0 Å². The van der Waals surface area contributed by atoms with E-state index in [1.165, 1.54) is 5.94 Å². The maximum atomic E-state index is 10.2. The van der Waals surface area contributed by atoms with Crippen molar-refractivity contribution in [3.63, 3.8) is 0 Å². The van der Waals surface area contributed by atoms with Crippen LogP contribution in [0.2, 0.25) is 0 Å². The summed E-state index contributed by atoms with van der Waals surface area (Å²) in [5, 5.41) is 0. The number of hydrogen-bond donors (Lipinski definition) is 3. The lowest BCUT2D eigenvalue weighted by atomic mass is 11.0. The van der Waals surface area contributed by atoms with E-state index in [0.717, 1.165) is 0 Å². The van der Waals surface area contributed by atoms with Gasteiger partial charge >= 0.3 is 17.1 Å². The number of carbonyl (C=O) groups excluding carboxylic acids is 1. The molecule has 0 atom stereocenters. The molecule has 0 aliphatic rings. The Morgan fingerprint density at radius 3 is 1.31 bits per heavy atom. The highest BCUT2D eigenvalue weighted by Gasteiger charge is 1.84. The molecule has 0 amide bonds. The molecule has 7 nitrogen and oxygen atoms in total. The first-order chi connectivity index (χ1) is 6.10. The highest BCUT2D eigenvalue weighted by atomic mass is 16.2. The molecule has 1 aromatic rings. The van der Waals surface area contributed by atoms with Gasteiger partial charge in [-0.15, -0.1) is 0 Å². The molecular formula is C6H5N3O4. The average molecular weight is 183 g/mol. The Morgan fingerprint density at radius 2 is 1.15 bits per heavy atom. The molecule has 3 N–H and O–H groups in total. The van der Waals surface area contributed by atoms with Gasteiger partial charge in [-0.25, -0.2) is 19.2 Å². The van der Waals surface area contributed by atoms with Gasteiger partial charge in [-0.2, -0.15) is 0 Å². The Morgan fingerprint density at radius 1 is 0.923 bits per heavy atom. The highest BCUT2D eigenvalue weighted by molar-refractivity contribution is 5.42. The molecule has 0 saturated heterocycles. The summed E-state index contributed by atoms with van der Waals surface area (Å²) in [4.78, 5) is 44.8. The van der Waals surface area contributed by atoms with Crippen LogP contribution in [0.25, 0.3) is 0 Å². The quantitative estimate of drug-likeness (QED) is 0.316. The number of H-pyrrole nitrogens is 3. The van der Waals surface area contributed by atoms with E-state index in [1.54, 1.807) is 15.0 Å². The smallest absolute Gasteiger partial charge is 0.259 e. The van der Waals surface area contributed by atoms with Gasteiger partial charge in [0.15, 0.2) is 5.94 Å². The van der Waals surface area contributed by atoms with Gasteiger partial charge in [-0.05, 0) is 12.3 Å². The molecule has 0 fully saturated rings. The van der Waals surface area contributed by atoms with Crippen molar-refractivity contribution < 1.29 is 4.79 Å². The van der Waals surface area contributed by atoms with Crippen LogP contribution in [0.5, 0.6) is 0 Å². The zero-order valence-corrected chi connectivity index (χ0v) is 6.34. The summed E-state index contributed by atoms with van der Waals surface area (Å²) in [5.74, 6) is 1.32. The summed E-state index contributed by atoms with van der Waals surface area (Å²) in [7, 11) is 0. The molecule has 13 heavy (non-hydrogen) atoms. The monoisotopic (exact) mass is 183 g/mol. The van der Waals surface area contributed by atoms with E-state index in [1.807, 2.05) is 5.73 Å². The highest BCUT2D eigenvalue weighted by Crippen LogP contribution is 1.29. The second kappa shape index (κ2) is 5.31. The standard InChI is InChI=1S/C3H3N3O3.C3H2O/c7-1-4-2(8)6-3(9)5-1;1-2-3-4/h(H3,4,5,6,7,8,9);1H2. The Labute approximate surface area is 70.5 Å². The van der Waals surface area contributed by atoms with Gasteiger partial charge in [0.25, 0.3) is 0 Å². The average Bonchev–Trinajstić information content (AvgIpc) is 2.02. The van der Waals surface area contributed by atoms with Crippen molar-refractivity contribution in [1.29, 1.82) is 0 Å². The van der Waals surface area contributed by atoms with Gasteiger partial charge in [-0.1, -0.05) is 0 Å². The molecule has 1 aromatic heterocycles. The lowest BCUT2D eigenvalue weighted by Gasteiger charge is -1.77. The van der Waals surface area contributed by atoms with Crippen LogP contribution in [-0.4, -0.2) is 20.9 Å². The predicted molar refractivity (Wildman–Crippen MR) is 43.1 cm³/mol. The number of nitrogens with one attached hydrogen (secondary N) is 3. The van der Waals surface area contributed by atoms with E-state index in [4.69, 9.17) is 4.79 Å². The summed E-state index contributed by atoms with van der Waals surface area (Å²) in [6, 6.07) is 0. The van der Waals surface area contributed by atoms with Crippen LogP contribution < -0.4 is 17.1 Å². The molecule has 0 radical (unpaired) electrons. The zero-order valence-electron chi connectivity index (χ0n) is 6.34. The van der Waals surface area contributed by atoms with E-state index >= 15 is 0 Å². The molecule has 0 aliphatic carbocycles. The van der Waals surface area contributed by atoms with Crippen LogP contribution in [0.1, 0.15) is 0 Å². The maximum absolute atomic E-state index is 10.2. The Kier molecular flexibility index (Phi) is 4.35. The van der Waals surface area contributed by atoms with Gasteiger partial charge in [0.05, 0.1) is 0 Å². The van der Waals surface area contributed by atoms with Crippen molar-refractivity contribution in [1.82, 2.24) is 15.0 Å². The van der Waals surface area contributed by atoms with Crippen LogP contribution in [0.4, 0.5) is 0 Å². The Balaban J connectivity index is 0.000000310. The van der Waals surface area contributed by atoms with Crippen LogP contribution in [-0.2, 0) is 4.79 Å². The first kappa shape index (κ1) is 10.6. The van der Waals surface area contributed by atoms with E-state index < -0.39 is 17.1 Å². The minimum atomic E-state index is -0.802. The largest absolute Gasteiger partial charge is 0.330 e. The fraction of sp³-hybridized carbons (Fsp3) is 0. The van der Waals surface area contributed by atoms with E-state index in [9.17, 15) is 14.4 Å². The minimum absolute atomic E-state index is 0.802. The molecule has 1 rings (SSSR count). The SMILES string of the molecule is C=C=C=O.O=c1[nH]c(=O)[nH]c(=O)[nH]1. The molecule has 0 saturated carbocycles. The van der Waals surface area contributed by atoms with Crippen molar-refractivity contribution in [3.05, 3.63) is 43.8 Å². The number of aromatic amines is 3. The molecular weight excluding hydrogens is 178 g/mol. The Hall–Kier alpha value is -2.36. The summed E-state index contributed by atoms with van der Waals surface area (Å²) in [6.07, 6.45) is 0. The second-order valence-electron chi connectivity index (χ2n) is 1.64. The zero-order chi connectivity index (χ0) is 10.3. The topological polar surface area (TPSA) is 116 Å². The lowest BCUT2D eigenvalue weighted by Crippen LogP contribution is -2.34. The lowest BCUT2D eigenvalue weighted by molar-refractivity contribution is 0.569. The van der Waals surface area contributed by atoms with Crippen LogP contribution in [0.15, 0.2) is 26.7 Å². The fourth-order valence-electron chi connectivity index (χ4n) is 0.403. The summed E-state index contributed by atoms with van der Waals surface area (Å²) >= 11 is 0. The first-order valence-electron chi connectivity index (χ1n) is 2.92. The summed E-state index contributed by atoms with van der Waals surface area (Å²) in [6.45, 7) is 2.93. The van der Waals surface area contributed by atoms with Gasteiger partial charge in [0, 0.05) is 0 Å². The first-order valence-corrected chi connectivity index (χ1v) is 2.92. The van der Waals surface area contributed by atoms with Crippen LogP contribution in [0.3, 0.4) is 0 Å². The number of aromatic nitrogens is 3. The third-order valence-electron chi connectivity index (χ3n) is 0.753. The number of hydrogen-bond acceptors (Lipinski definition) is 4. The van der Waals surface area contributed by atoms with Gasteiger partial charge in [0.2, 0.25) is 0 Å². The van der Waals surface area contributed by atoms with Gasteiger partial charge in [-0.3, -0.25) is 15.0 Å². The summed E-state index contributed by atoms with van der Waals surface area (Å²) < 4.78 is 0.